The Hall–Kier alpha value is -0.590. The number of carboxylic acids is 1. The molecule has 2 N–H and O–H groups in total. The Morgan fingerprint density at radius 2 is 2.29 bits per heavy atom. The van der Waals surface area contributed by atoms with Gasteiger partial charge in [-0.05, 0) is 66.0 Å². The van der Waals surface area contributed by atoms with Crippen molar-refractivity contribution in [1.82, 2.24) is 10.3 Å². The number of hydrogen-bond acceptors (Lipinski definition) is 4. The lowest BCUT2D eigenvalue weighted by Crippen LogP contribution is -2.52. The number of hydrogen-bond donors (Lipinski definition) is 2. The third kappa shape index (κ3) is 5.60. The molecule has 0 spiro atoms. The molecule has 0 fully saturated rings. The van der Waals surface area contributed by atoms with Gasteiger partial charge < -0.3 is 10.4 Å². The molecule has 0 amide bonds. The molecule has 118 valence electrons. The summed E-state index contributed by atoms with van der Waals surface area (Å²) in [7, 11) is 0. The molecule has 1 unspecified atom stereocenters. The predicted molar refractivity (Wildman–Crippen MR) is 90.8 cm³/mol. The highest BCUT2D eigenvalue weighted by molar-refractivity contribution is 9.10. The number of nitrogens with one attached hydrogen (secondary N) is 1. The molecule has 0 radical (unpaired) electrons. The number of aliphatic carboxylic acids is 1. The van der Waals surface area contributed by atoms with E-state index in [1.807, 2.05) is 26.0 Å². The van der Waals surface area contributed by atoms with E-state index in [0.717, 1.165) is 34.6 Å². The van der Waals surface area contributed by atoms with Gasteiger partial charge in [0.15, 0.2) is 0 Å². The summed E-state index contributed by atoms with van der Waals surface area (Å²) in [6.45, 7) is 4.71. The first-order valence-electron chi connectivity index (χ1n) is 7.27. The highest BCUT2D eigenvalue weighted by Crippen LogP contribution is 2.27. The van der Waals surface area contributed by atoms with Crippen molar-refractivity contribution < 1.29 is 9.90 Å². The van der Waals surface area contributed by atoms with Gasteiger partial charge in [0, 0.05) is 10.7 Å². The number of carbonyl (C=O) groups is 1. The number of rotatable bonds is 10. The van der Waals surface area contributed by atoms with E-state index in [-0.39, 0.29) is 0 Å². The minimum atomic E-state index is -0.794. The van der Waals surface area contributed by atoms with E-state index >= 15 is 0 Å². The third-order valence-electron chi connectivity index (χ3n) is 3.44. The second-order valence-electron chi connectivity index (χ2n) is 4.91. The predicted octanol–water partition coefficient (Wildman–Crippen LogP) is 3.95. The molecule has 0 aliphatic carbocycles. The van der Waals surface area contributed by atoms with Crippen LogP contribution in [0, 0.1) is 0 Å². The minimum Gasteiger partial charge on any atom is -0.480 e. The second kappa shape index (κ2) is 9.43. The van der Waals surface area contributed by atoms with Crippen molar-refractivity contribution in [3.05, 3.63) is 22.8 Å². The zero-order chi connectivity index (χ0) is 15.7. The van der Waals surface area contributed by atoms with Gasteiger partial charge >= 0.3 is 5.97 Å². The van der Waals surface area contributed by atoms with Crippen LogP contribution in [0.3, 0.4) is 0 Å². The summed E-state index contributed by atoms with van der Waals surface area (Å²) in [4.78, 5) is 15.9. The Labute approximate surface area is 139 Å². The molecule has 1 atom stereocenters. The zero-order valence-electron chi connectivity index (χ0n) is 12.6. The number of halogens is 1. The summed E-state index contributed by atoms with van der Waals surface area (Å²) in [6.07, 6.45) is 4.77. The number of thioether (sulfide) groups is 1. The van der Waals surface area contributed by atoms with Crippen LogP contribution in [0.5, 0.6) is 0 Å². The molecule has 0 bridgehead atoms. The van der Waals surface area contributed by atoms with Crippen LogP contribution in [0.4, 0.5) is 0 Å². The van der Waals surface area contributed by atoms with E-state index in [9.17, 15) is 9.90 Å². The van der Waals surface area contributed by atoms with E-state index in [2.05, 4.69) is 26.2 Å². The summed E-state index contributed by atoms with van der Waals surface area (Å²) in [5.41, 5.74) is -0.794. The van der Waals surface area contributed by atoms with E-state index in [0.29, 0.717) is 12.8 Å². The van der Waals surface area contributed by atoms with Crippen LogP contribution in [0.25, 0.3) is 0 Å². The molecule has 21 heavy (non-hydrogen) atoms. The van der Waals surface area contributed by atoms with Crippen molar-refractivity contribution in [1.29, 1.82) is 0 Å². The topological polar surface area (TPSA) is 62.2 Å². The SMILES string of the molecule is CCCNC(CC)(CCCSc1ncccc1Br)C(=O)O. The summed E-state index contributed by atoms with van der Waals surface area (Å²) in [5, 5.41) is 13.7. The van der Waals surface area contributed by atoms with Crippen molar-refractivity contribution in [2.45, 2.75) is 50.1 Å². The molecule has 0 aromatic carbocycles. The Bertz CT molecular complexity index is 459. The molecule has 0 aliphatic heterocycles. The van der Waals surface area contributed by atoms with Gasteiger partial charge in [-0.3, -0.25) is 4.79 Å². The van der Waals surface area contributed by atoms with Gasteiger partial charge in [-0.15, -0.1) is 11.8 Å². The van der Waals surface area contributed by atoms with Crippen LogP contribution in [0.2, 0.25) is 0 Å². The Kier molecular flexibility index (Phi) is 8.29. The fourth-order valence-electron chi connectivity index (χ4n) is 2.11. The number of aromatic nitrogens is 1. The highest BCUT2D eigenvalue weighted by atomic mass is 79.9. The third-order valence-corrected chi connectivity index (χ3v) is 5.43. The van der Waals surface area contributed by atoms with Crippen LogP contribution >= 0.6 is 27.7 Å². The maximum atomic E-state index is 11.6. The molecule has 0 aliphatic rings. The lowest BCUT2D eigenvalue weighted by molar-refractivity contribution is -0.145. The standard InChI is InChI=1S/C15H23BrN2O2S/c1-3-9-18-15(4-2,14(19)20)8-6-11-21-13-12(16)7-5-10-17-13/h5,7,10,18H,3-4,6,8-9,11H2,1-2H3,(H,19,20). The zero-order valence-corrected chi connectivity index (χ0v) is 15.0. The van der Waals surface area contributed by atoms with Gasteiger partial charge in [0.25, 0.3) is 0 Å². The fourth-order valence-corrected chi connectivity index (χ4v) is 3.53. The monoisotopic (exact) mass is 374 g/mol. The summed E-state index contributed by atoms with van der Waals surface area (Å²) < 4.78 is 0.985. The van der Waals surface area contributed by atoms with Gasteiger partial charge in [0.05, 0.1) is 0 Å². The van der Waals surface area contributed by atoms with Crippen molar-refractivity contribution in [2.75, 3.05) is 12.3 Å². The first-order chi connectivity index (χ1) is 10.1. The Morgan fingerprint density at radius 1 is 1.52 bits per heavy atom. The Balaban J connectivity index is 2.50. The molecule has 0 saturated heterocycles. The lowest BCUT2D eigenvalue weighted by Gasteiger charge is -2.29. The molecule has 0 saturated carbocycles. The molecular weight excluding hydrogens is 352 g/mol. The number of pyridine rings is 1. The molecular formula is C15H23BrN2O2S. The van der Waals surface area contributed by atoms with Crippen LogP contribution < -0.4 is 5.32 Å². The van der Waals surface area contributed by atoms with Crippen molar-refractivity contribution in [2.24, 2.45) is 0 Å². The maximum Gasteiger partial charge on any atom is 0.323 e. The van der Waals surface area contributed by atoms with E-state index in [4.69, 9.17) is 0 Å². The van der Waals surface area contributed by atoms with Gasteiger partial charge in [-0.1, -0.05) is 13.8 Å². The van der Waals surface area contributed by atoms with Crippen LogP contribution in [0.15, 0.2) is 27.8 Å². The molecule has 1 rings (SSSR count). The van der Waals surface area contributed by atoms with E-state index in [1.54, 1.807) is 18.0 Å². The van der Waals surface area contributed by atoms with Gasteiger partial charge in [-0.2, -0.15) is 0 Å². The van der Waals surface area contributed by atoms with Crippen molar-refractivity contribution in [3.63, 3.8) is 0 Å². The summed E-state index contributed by atoms with van der Waals surface area (Å²) in [6, 6.07) is 3.85. The maximum absolute atomic E-state index is 11.6. The molecule has 1 aromatic heterocycles. The second-order valence-corrected chi connectivity index (χ2v) is 6.85. The van der Waals surface area contributed by atoms with E-state index < -0.39 is 11.5 Å². The van der Waals surface area contributed by atoms with Gasteiger partial charge in [-0.25, -0.2) is 4.98 Å². The minimum absolute atomic E-state index is 0.598. The van der Waals surface area contributed by atoms with Gasteiger partial charge in [0.1, 0.15) is 10.6 Å². The number of carboxylic acid groups (broad SMARTS) is 1. The quantitative estimate of drug-likeness (QED) is 0.479. The molecule has 4 nitrogen and oxygen atoms in total. The molecule has 6 heteroatoms. The molecule has 1 heterocycles. The molecule has 1 aromatic rings. The average molecular weight is 375 g/mol. The van der Waals surface area contributed by atoms with E-state index in [1.165, 1.54) is 0 Å². The van der Waals surface area contributed by atoms with Crippen molar-refractivity contribution >= 4 is 33.7 Å². The van der Waals surface area contributed by atoms with Crippen LogP contribution in [-0.2, 0) is 4.79 Å². The smallest absolute Gasteiger partial charge is 0.323 e. The van der Waals surface area contributed by atoms with Crippen LogP contribution in [0.1, 0.15) is 39.5 Å². The summed E-state index contributed by atoms with van der Waals surface area (Å²) in [5.74, 6) is 0.112. The highest BCUT2D eigenvalue weighted by Gasteiger charge is 2.35. The van der Waals surface area contributed by atoms with Gasteiger partial charge in [0.2, 0.25) is 0 Å². The summed E-state index contributed by atoms with van der Waals surface area (Å²) >= 11 is 5.12. The first-order valence-corrected chi connectivity index (χ1v) is 9.05. The normalized spacial score (nSPS) is 13.9. The lowest BCUT2D eigenvalue weighted by atomic mass is 9.90. The Morgan fingerprint density at radius 3 is 2.86 bits per heavy atom. The fraction of sp³-hybridized carbons (Fsp3) is 0.600. The largest absolute Gasteiger partial charge is 0.480 e. The van der Waals surface area contributed by atoms with Crippen molar-refractivity contribution in [3.8, 4) is 0 Å². The van der Waals surface area contributed by atoms with Crippen LogP contribution in [-0.4, -0.2) is 33.9 Å². The first kappa shape index (κ1) is 18.5. The number of nitrogens with zero attached hydrogens (tertiary/aromatic N) is 1. The average Bonchev–Trinajstić information content (AvgIpc) is 2.48.